The van der Waals surface area contributed by atoms with E-state index in [1.165, 1.54) is 4.90 Å². The first-order valence-corrected chi connectivity index (χ1v) is 6.97. The van der Waals surface area contributed by atoms with Crippen LogP contribution in [0.5, 0.6) is 0 Å². The van der Waals surface area contributed by atoms with Crippen LogP contribution in [-0.4, -0.2) is 63.5 Å². The van der Waals surface area contributed by atoms with Crippen molar-refractivity contribution in [3.63, 3.8) is 0 Å². The molecule has 0 bridgehead atoms. The molecular formula is C13H23N5O2. The van der Waals surface area contributed by atoms with Crippen molar-refractivity contribution in [3.05, 3.63) is 11.6 Å². The van der Waals surface area contributed by atoms with Gasteiger partial charge in [-0.15, -0.1) is 5.10 Å². The van der Waals surface area contributed by atoms with E-state index in [2.05, 4.69) is 15.2 Å². The Morgan fingerprint density at radius 2 is 1.85 bits per heavy atom. The normalized spacial score (nSPS) is 10.4. The van der Waals surface area contributed by atoms with Gasteiger partial charge in [0, 0.05) is 26.6 Å². The molecule has 0 aliphatic heterocycles. The molecule has 0 fully saturated rings. The number of H-pyrrole nitrogens is 1. The van der Waals surface area contributed by atoms with E-state index in [4.69, 9.17) is 0 Å². The van der Waals surface area contributed by atoms with E-state index in [1.54, 1.807) is 11.9 Å². The topological polar surface area (TPSA) is 82.2 Å². The lowest BCUT2D eigenvalue weighted by atomic mass is 10.3. The van der Waals surface area contributed by atoms with Crippen molar-refractivity contribution in [1.29, 1.82) is 0 Å². The molecule has 1 N–H and O–H groups in total. The molecule has 0 spiro atoms. The first kappa shape index (κ1) is 16.1. The summed E-state index contributed by atoms with van der Waals surface area (Å²) in [5.41, 5.74) is 0. The van der Waals surface area contributed by atoms with E-state index in [9.17, 15) is 9.59 Å². The van der Waals surface area contributed by atoms with Crippen molar-refractivity contribution in [2.24, 2.45) is 0 Å². The zero-order chi connectivity index (χ0) is 15.1. The number of aromatic nitrogens is 3. The lowest BCUT2D eigenvalue weighted by Crippen LogP contribution is -2.41. The van der Waals surface area contributed by atoms with Gasteiger partial charge in [0.1, 0.15) is 5.82 Å². The SMILES string of the molecule is CCCc1nc(C(=O)N(C)CC(=O)N(CC)CC)n[nH]1. The Kier molecular flexibility index (Phi) is 6.14. The Hall–Kier alpha value is -1.92. The number of carbonyl (C=O) groups excluding carboxylic acids is 2. The minimum Gasteiger partial charge on any atom is -0.342 e. The van der Waals surface area contributed by atoms with Gasteiger partial charge in [0.25, 0.3) is 5.91 Å². The lowest BCUT2D eigenvalue weighted by molar-refractivity contribution is -0.131. The second kappa shape index (κ2) is 7.62. The fraction of sp³-hybridized carbons (Fsp3) is 0.692. The number of carbonyl (C=O) groups is 2. The maximum absolute atomic E-state index is 12.1. The van der Waals surface area contributed by atoms with E-state index < -0.39 is 0 Å². The second-order valence-electron chi connectivity index (χ2n) is 4.58. The van der Waals surface area contributed by atoms with E-state index in [0.717, 1.165) is 12.8 Å². The molecule has 0 saturated heterocycles. The number of likely N-dealkylation sites (N-methyl/N-ethyl adjacent to an activating group) is 2. The van der Waals surface area contributed by atoms with Crippen LogP contribution in [0, 0.1) is 0 Å². The summed E-state index contributed by atoms with van der Waals surface area (Å²) < 4.78 is 0. The molecule has 20 heavy (non-hydrogen) atoms. The highest BCUT2D eigenvalue weighted by molar-refractivity contribution is 5.93. The summed E-state index contributed by atoms with van der Waals surface area (Å²) >= 11 is 0. The van der Waals surface area contributed by atoms with Gasteiger partial charge < -0.3 is 9.80 Å². The summed E-state index contributed by atoms with van der Waals surface area (Å²) in [6, 6.07) is 0. The van der Waals surface area contributed by atoms with Gasteiger partial charge in [-0.1, -0.05) is 6.92 Å². The van der Waals surface area contributed by atoms with E-state index >= 15 is 0 Å². The summed E-state index contributed by atoms with van der Waals surface area (Å²) in [6.45, 7) is 7.17. The molecule has 0 radical (unpaired) electrons. The van der Waals surface area contributed by atoms with Gasteiger partial charge >= 0.3 is 0 Å². The molecule has 1 aromatic rings. The number of aromatic amines is 1. The monoisotopic (exact) mass is 281 g/mol. The molecule has 112 valence electrons. The zero-order valence-electron chi connectivity index (χ0n) is 12.6. The Bertz CT molecular complexity index is 453. The molecule has 0 atom stereocenters. The molecule has 0 aliphatic carbocycles. The lowest BCUT2D eigenvalue weighted by Gasteiger charge is -2.22. The molecule has 0 unspecified atom stereocenters. The Balaban J connectivity index is 2.64. The van der Waals surface area contributed by atoms with Crippen LogP contribution in [0.15, 0.2) is 0 Å². The van der Waals surface area contributed by atoms with Crippen LogP contribution in [0.2, 0.25) is 0 Å². The number of hydrogen-bond donors (Lipinski definition) is 1. The third-order valence-electron chi connectivity index (χ3n) is 3.05. The molecule has 0 saturated carbocycles. The predicted molar refractivity (Wildman–Crippen MR) is 75.3 cm³/mol. The average molecular weight is 281 g/mol. The van der Waals surface area contributed by atoms with Crippen LogP contribution in [0.3, 0.4) is 0 Å². The van der Waals surface area contributed by atoms with E-state index in [-0.39, 0.29) is 24.2 Å². The zero-order valence-corrected chi connectivity index (χ0v) is 12.6. The Labute approximate surface area is 119 Å². The largest absolute Gasteiger partial charge is 0.342 e. The van der Waals surface area contributed by atoms with Gasteiger partial charge in [0.2, 0.25) is 11.7 Å². The van der Waals surface area contributed by atoms with Crippen LogP contribution >= 0.6 is 0 Å². The highest BCUT2D eigenvalue weighted by Crippen LogP contribution is 2.01. The smallest absolute Gasteiger partial charge is 0.293 e. The van der Waals surface area contributed by atoms with Crippen molar-refractivity contribution >= 4 is 11.8 Å². The maximum Gasteiger partial charge on any atom is 0.293 e. The molecule has 7 nitrogen and oxygen atoms in total. The molecular weight excluding hydrogens is 258 g/mol. The van der Waals surface area contributed by atoms with Crippen molar-refractivity contribution in [2.75, 3.05) is 26.7 Å². The minimum absolute atomic E-state index is 0.0398. The van der Waals surface area contributed by atoms with Crippen LogP contribution in [0.25, 0.3) is 0 Å². The molecule has 0 aliphatic rings. The molecule has 2 amide bonds. The van der Waals surface area contributed by atoms with E-state index in [1.807, 2.05) is 20.8 Å². The van der Waals surface area contributed by atoms with Crippen molar-refractivity contribution < 1.29 is 9.59 Å². The fourth-order valence-electron chi connectivity index (χ4n) is 1.86. The van der Waals surface area contributed by atoms with Crippen LogP contribution < -0.4 is 0 Å². The van der Waals surface area contributed by atoms with Gasteiger partial charge in [-0.3, -0.25) is 14.7 Å². The van der Waals surface area contributed by atoms with Crippen LogP contribution in [-0.2, 0) is 11.2 Å². The summed E-state index contributed by atoms with van der Waals surface area (Å²) in [6.07, 6.45) is 1.68. The molecule has 1 heterocycles. The molecule has 0 aromatic carbocycles. The van der Waals surface area contributed by atoms with Crippen LogP contribution in [0.4, 0.5) is 0 Å². The minimum atomic E-state index is -0.343. The van der Waals surface area contributed by atoms with Gasteiger partial charge in [-0.2, -0.15) is 0 Å². The first-order valence-electron chi connectivity index (χ1n) is 6.97. The van der Waals surface area contributed by atoms with Gasteiger partial charge in [-0.05, 0) is 20.3 Å². The molecule has 1 rings (SSSR count). The third kappa shape index (κ3) is 4.04. The summed E-state index contributed by atoms with van der Waals surface area (Å²) in [7, 11) is 1.58. The number of aryl methyl sites for hydroxylation is 1. The number of amides is 2. The summed E-state index contributed by atoms with van der Waals surface area (Å²) in [5, 5.41) is 6.63. The summed E-state index contributed by atoms with van der Waals surface area (Å²) in [4.78, 5) is 31.2. The number of nitrogens with one attached hydrogen (secondary N) is 1. The van der Waals surface area contributed by atoms with Crippen molar-refractivity contribution in [3.8, 4) is 0 Å². The van der Waals surface area contributed by atoms with Crippen molar-refractivity contribution in [2.45, 2.75) is 33.6 Å². The number of rotatable bonds is 7. The number of nitrogens with zero attached hydrogens (tertiary/aromatic N) is 4. The number of hydrogen-bond acceptors (Lipinski definition) is 4. The quantitative estimate of drug-likeness (QED) is 0.797. The maximum atomic E-state index is 12.1. The molecule has 1 aromatic heterocycles. The Morgan fingerprint density at radius 1 is 1.20 bits per heavy atom. The predicted octanol–water partition coefficient (Wildman–Crippen LogP) is 0.698. The highest BCUT2D eigenvalue weighted by atomic mass is 16.2. The third-order valence-corrected chi connectivity index (χ3v) is 3.05. The first-order chi connectivity index (χ1) is 9.53. The van der Waals surface area contributed by atoms with Crippen LogP contribution in [0.1, 0.15) is 43.6 Å². The average Bonchev–Trinajstić information content (AvgIpc) is 2.88. The van der Waals surface area contributed by atoms with Gasteiger partial charge in [0.15, 0.2) is 0 Å². The highest BCUT2D eigenvalue weighted by Gasteiger charge is 2.20. The van der Waals surface area contributed by atoms with E-state index in [0.29, 0.717) is 18.9 Å². The summed E-state index contributed by atoms with van der Waals surface area (Å²) in [5.74, 6) is 0.391. The van der Waals surface area contributed by atoms with Crippen molar-refractivity contribution in [1.82, 2.24) is 25.0 Å². The van der Waals surface area contributed by atoms with Gasteiger partial charge in [0.05, 0.1) is 6.54 Å². The molecule has 7 heteroatoms. The fourth-order valence-corrected chi connectivity index (χ4v) is 1.86. The second-order valence-corrected chi connectivity index (χ2v) is 4.58. The van der Waals surface area contributed by atoms with Gasteiger partial charge in [-0.25, -0.2) is 4.98 Å². The standard InChI is InChI=1S/C13H23N5O2/c1-5-8-10-14-12(16-15-10)13(20)17(4)9-11(19)18(6-2)7-3/h5-9H2,1-4H3,(H,14,15,16). The Morgan fingerprint density at radius 3 is 2.40 bits per heavy atom.